The zero-order valence-corrected chi connectivity index (χ0v) is 17.2. The minimum atomic E-state index is 0. The number of nitrogens with one attached hydrogen (secondary N) is 1. The van der Waals surface area contributed by atoms with Crippen LogP contribution in [0.15, 0.2) is 12.3 Å². The fraction of sp³-hybridized carbons (Fsp3) is 0.579. The van der Waals surface area contributed by atoms with E-state index in [1.165, 1.54) is 11.4 Å². The van der Waals surface area contributed by atoms with Crippen LogP contribution in [0.1, 0.15) is 41.7 Å². The van der Waals surface area contributed by atoms with Crippen molar-refractivity contribution in [2.75, 3.05) is 19.6 Å². The monoisotopic (exact) mass is 402 g/mol. The Bertz CT molecular complexity index is 970. The lowest BCUT2D eigenvalue weighted by Crippen LogP contribution is -2.34. The van der Waals surface area contributed by atoms with E-state index in [-0.39, 0.29) is 12.4 Å². The molecule has 0 amide bonds. The van der Waals surface area contributed by atoms with Crippen LogP contribution in [0.3, 0.4) is 0 Å². The van der Waals surface area contributed by atoms with Crippen molar-refractivity contribution in [1.29, 1.82) is 0 Å². The molecule has 9 heteroatoms. The molecule has 0 spiro atoms. The number of hydrogen-bond acceptors (Lipinski definition) is 6. The second kappa shape index (κ2) is 7.77. The highest BCUT2D eigenvalue weighted by atomic mass is 35.5. The predicted octanol–water partition coefficient (Wildman–Crippen LogP) is 1.77. The van der Waals surface area contributed by atoms with Gasteiger partial charge in [0.2, 0.25) is 0 Å². The van der Waals surface area contributed by atoms with Crippen molar-refractivity contribution in [3.8, 4) is 0 Å². The van der Waals surface area contributed by atoms with Gasteiger partial charge in [-0.15, -0.1) is 22.6 Å². The number of rotatable bonds is 3. The Morgan fingerprint density at radius 2 is 2.00 bits per heavy atom. The van der Waals surface area contributed by atoms with Gasteiger partial charge in [-0.2, -0.15) is 5.10 Å². The molecule has 150 valence electrons. The SMILES string of the molecule is Cc1nn(C)c2ncc(CN3CCC(c4nnc5n4CCNC5)CC3)cc12.Cl. The molecule has 5 rings (SSSR count). The third-order valence-corrected chi connectivity index (χ3v) is 5.93. The van der Waals surface area contributed by atoms with E-state index in [1.807, 2.05) is 24.9 Å². The third-order valence-electron chi connectivity index (χ3n) is 5.93. The first-order valence-electron chi connectivity index (χ1n) is 9.82. The first-order valence-corrected chi connectivity index (χ1v) is 9.82. The lowest BCUT2D eigenvalue weighted by Gasteiger charge is -2.32. The molecule has 0 radical (unpaired) electrons. The number of aromatic nitrogens is 6. The van der Waals surface area contributed by atoms with E-state index in [0.717, 1.165) is 74.7 Å². The van der Waals surface area contributed by atoms with Gasteiger partial charge < -0.3 is 9.88 Å². The number of nitrogens with zero attached hydrogens (tertiary/aromatic N) is 7. The topological polar surface area (TPSA) is 76.7 Å². The Kier molecular flexibility index (Phi) is 5.35. The van der Waals surface area contributed by atoms with Crippen molar-refractivity contribution in [3.05, 3.63) is 35.2 Å². The first-order chi connectivity index (χ1) is 13.2. The lowest BCUT2D eigenvalue weighted by atomic mass is 9.95. The standard InChI is InChI=1S/C19H26N8.ClH/c1-13-16-9-14(10-21-19(16)25(2)24-13)12-26-6-3-15(4-7-26)18-23-22-17-11-20-5-8-27(17)18;/h9-10,15,20H,3-8,11-12H2,1-2H3;1H. The summed E-state index contributed by atoms with van der Waals surface area (Å²) in [4.78, 5) is 7.14. The fourth-order valence-corrected chi connectivity index (χ4v) is 4.46. The molecule has 0 saturated carbocycles. The van der Waals surface area contributed by atoms with Crippen molar-refractivity contribution in [2.45, 2.75) is 45.3 Å². The molecule has 3 aromatic heterocycles. The van der Waals surface area contributed by atoms with Crippen LogP contribution in [-0.4, -0.2) is 54.1 Å². The van der Waals surface area contributed by atoms with Gasteiger partial charge in [-0.05, 0) is 44.5 Å². The zero-order chi connectivity index (χ0) is 18.4. The number of halogens is 1. The Balaban J connectivity index is 0.00000192. The molecule has 8 nitrogen and oxygen atoms in total. The van der Waals surface area contributed by atoms with Gasteiger partial charge in [-0.25, -0.2) is 4.98 Å². The van der Waals surface area contributed by atoms with Gasteiger partial charge in [0.1, 0.15) is 11.6 Å². The van der Waals surface area contributed by atoms with E-state index in [4.69, 9.17) is 0 Å². The molecule has 3 aromatic rings. The number of fused-ring (bicyclic) bond motifs is 2. The maximum atomic E-state index is 4.62. The van der Waals surface area contributed by atoms with Crippen molar-refractivity contribution in [3.63, 3.8) is 0 Å². The molecular formula is C19H27ClN8. The van der Waals surface area contributed by atoms with Gasteiger partial charge in [-0.3, -0.25) is 9.58 Å². The van der Waals surface area contributed by atoms with Crippen LogP contribution in [0.2, 0.25) is 0 Å². The molecule has 1 fully saturated rings. The maximum Gasteiger partial charge on any atom is 0.157 e. The van der Waals surface area contributed by atoms with Gasteiger partial charge in [0.15, 0.2) is 5.65 Å². The average Bonchev–Trinajstić information content (AvgIpc) is 3.24. The largest absolute Gasteiger partial charge is 0.312 e. The number of hydrogen-bond donors (Lipinski definition) is 1. The molecule has 0 bridgehead atoms. The molecule has 1 N–H and O–H groups in total. The molecule has 1 saturated heterocycles. The smallest absolute Gasteiger partial charge is 0.157 e. The van der Waals surface area contributed by atoms with Crippen molar-refractivity contribution in [1.82, 2.24) is 39.7 Å². The summed E-state index contributed by atoms with van der Waals surface area (Å²) < 4.78 is 4.19. The molecule has 0 unspecified atom stereocenters. The molecule has 2 aliphatic heterocycles. The summed E-state index contributed by atoms with van der Waals surface area (Å²) >= 11 is 0. The van der Waals surface area contributed by atoms with Gasteiger partial charge in [0.25, 0.3) is 0 Å². The highest BCUT2D eigenvalue weighted by Crippen LogP contribution is 2.28. The quantitative estimate of drug-likeness (QED) is 0.719. The number of likely N-dealkylation sites (tertiary alicyclic amines) is 1. The minimum Gasteiger partial charge on any atom is -0.312 e. The maximum absolute atomic E-state index is 4.62. The van der Waals surface area contributed by atoms with Crippen molar-refractivity contribution < 1.29 is 0 Å². The fourth-order valence-electron chi connectivity index (χ4n) is 4.46. The molecule has 2 aliphatic rings. The summed E-state index contributed by atoms with van der Waals surface area (Å²) in [6.45, 7) is 8.04. The van der Waals surface area contributed by atoms with E-state index in [1.54, 1.807) is 0 Å². The zero-order valence-electron chi connectivity index (χ0n) is 16.4. The summed E-state index contributed by atoms with van der Waals surface area (Å²) in [7, 11) is 1.95. The molecule has 0 aromatic carbocycles. The van der Waals surface area contributed by atoms with Crippen molar-refractivity contribution >= 4 is 23.4 Å². The highest BCUT2D eigenvalue weighted by molar-refractivity contribution is 5.85. The van der Waals surface area contributed by atoms with Gasteiger partial charge in [-0.1, -0.05) is 0 Å². The summed E-state index contributed by atoms with van der Waals surface area (Å²) in [5.41, 5.74) is 3.27. The van der Waals surface area contributed by atoms with Crippen LogP contribution >= 0.6 is 12.4 Å². The van der Waals surface area contributed by atoms with Crippen LogP contribution < -0.4 is 5.32 Å². The minimum absolute atomic E-state index is 0. The second-order valence-corrected chi connectivity index (χ2v) is 7.78. The summed E-state index contributed by atoms with van der Waals surface area (Å²) in [6.07, 6.45) is 4.29. The average molecular weight is 403 g/mol. The van der Waals surface area contributed by atoms with Crippen LogP contribution in [-0.2, 0) is 26.7 Å². The van der Waals surface area contributed by atoms with Gasteiger partial charge >= 0.3 is 0 Å². The molecular weight excluding hydrogens is 376 g/mol. The van der Waals surface area contributed by atoms with E-state index in [0.29, 0.717) is 5.92 Å². The lowest BCUT2D eigenvalue weighted by molar-refractivity contribution is 0.199. The Morgan fingerprint density at radius 1 is 1.18 bits per heavy atom. The third kappa shape index (κ3) is 3.40. The summed E-state index contributed by atoms with van der Waals surface area (Å²) in [5.74, 6) is 2.81. The normalized spacial score (nSPS) is 18.2. The Hall–Kier alpha value is -2.03. The van der Waals surface area contributed by atoms with Crippen LogP contribution in [0.5, 0.6) is 0 Å². The highest BCUT2D eigenvalue weighted by Gasteiger charge is 2.27. The van der Waals surface area contributed by atoms with E-state index in [2.05, 4.69) is 41.1 Å². The van der Waals surface area contributed by atoms with Gasteiger partial charge in [0.05, 0.1) is 12.2 Å². The summed E-state index contributed by atoms with van der Waals surface area (Å²) in [6, 6.07) is 2.25. The van der Waals surface area contributed by atoms with Crippen molar-refractivity contribution in [2.24, 2.45) is 7.05 Å². The Morgan fingerprint density at radius 3 is 2.82 bits per heavy atom. The first kappa shape index (κ1) is 19.3. The molecule has 0 atom stereocenters. The molecule has 5 heterocycles. The van der Waals surface area contributed by atoms with Crippen LogP contribution in [0.25, 0.3) is 11.0 Å². The van der Waals surface area contributed by atoms with Crippen LogP contribution in [0.4, 0.5) is 0 Å². The summed E-state index contributed by atoms with van der Waals surface area (Å²) in [5, 5.41) is 17.9. The van der Waals surface area contributed by atoms with E-state index in [9.17, 15) is 0 Å². The second-order valence-electron chi connectivity index (χ2n) is 7.78. The van der Waals surface area contributed by atoms with E-state index >= 15 is 0 Å². The number of pyridine rings is 1. The number of piperidine rings is 1. The number of aryl methyl sites for hydroxylation is 2. The molecule has 28 heavy (non-hydrogen) atoms. The van der Waals surface area contributed by atoms with E-state index < -0.39 is 0 Å². The van der Waals surface area contributed by atoms with Gasteiger partial charge in [0, 0.05) is 44.2 Å². The Labute approximate surface area is 170 Å². The molecule has 0 aliphatic carbocycles. The predicted molar refractivity (Wildman–Crippen MR) is 109 cm³/mol. The van der Waals surface area contributed by atoms with Crippen LogP contribution in [0, 0.1) is 6.92 Å².